The molecule has 1 saturated heterocycles. The predicted octanol–water partition coefficient (Wildman–Crippen LogP) is 2.10. The van der Waals surface area contributed by atoms with Crippen LogP contribution in [0.4, 0.5) is 0 Å². The molecule has 0 bridgehead atoms. The number of carbonyl (C=O) groups excluding carboxylic acids is 2. The molecule has 1 aliphatic rings. The van der Waals surface area contributed by atoms with Gasteiger partial charge >= 0.3 is 0 Å². The maximum Gasteiger partial charge on any atom is 0.235 e. The van der Waals surface area contributed by atoms with Gasteiger partial charge in [-0.25, -0.2) is 0 Å². The van der Waals surface area contributed by atoms with Gasteiger partial charge in [0, 0.05) is 13.0 Å². The van der Waals surface area contributed by atoms with E-state index in [-0.39, 0.29) is 11.8 Å². The van der Waals surface area contributed by atoms with Crippen LogP contribution in [0.3, 0.4) is 0 Å². The van der Waals surface area contributed by atoms with Gasteiger partial charge in [0.1, 0.15) is 18.1 Å². The van der Waals surface area contributed by atoms with E-state index < -0.39 is 5.92 Å². The Balaban J connectivity index is 1.75. The standard InChI is InChI=1S/C19H19N3O4/c1-20-8-9-25-12-3-4-13-11(10-12)2-6-15-17(13)18(22-26-15)14-5-7-16(23)21-19(14)24/h2-4,6,10,14,20H,5,7-9H2,1H3,(H,21,23,24)/t14-/m1/s1. The molecule has 4 rings (SSSR count). The highest BCUT2D eigenvalue weighted by Gasteiger charge is 2.32. The summed E-state index contributed by atoms with van der Waals surface area (Å²) >= 11 is 0. The molecular weight excluding hydrogens is 334 g/mol. The van der Waals surface area contributed by atoms with E-state index in [1.165, 1.54) is 0 Å². The number of hydrogen-bond acceptors (Lipinski definition) is 6. The number of aromatic nitrogens is 1. The monoisotopic (exact) mass is 353 g/mol. The van der Waals surface area contributed by atoms with Crippen molar-refractivity contribution in [3.63, 3.8) is 0 Å². The third kappa shape index (κ3) is 2.90. The number of nitrogens with one attached hydrogen (secondary N) is 2. The van der Waals surface area contributed by atoms with Crippen molar-refractivity contribution in [1.29, 1.82) is 0 Å². The number of fused-ring (bicyclic) bond motifs is 3. The summed E-state index contributed by atoms with van der Waals surface area (Å²) in [6, 6.07) is 9.61. The Morgan fingerprint density at radius 3 is 3.00 bits per heavy atom. The number of likely N-dealkylation sites (N-methyl/N-ethyl adjacent to an activating group) is 1. The molecule has 2 amide bonds. The van der Waals surface area contributed by atoms with Crippen LogP contribution in [0.5, 0.6) is 5.75 Å². The maximum absolute atomic E-state index is 12.2. The van der Waals surface area contributed by atoms with Gasteiger partial charge in [0.2, 0.25) is 11.8 Å². The molecule has 2 N–H and O–H groups in total. The van der Waals surface area contributed by atoms with Crippen LogP contribution in [0.2, 0.25) is 0 Å². The molecule has 0 saturated carbocycles. The quantitative estimate of drug-likeness (QED) is 0.539. The van der Waals surface area contributed by atoms with E-state index in [2.05, 4.69) is 15.8 Å². The minimum absolute atomic E-state index is 0.243. The van der Waals surface area contributed by atoms with Gasteiger partial charge in [0.05, 0.1) is 11.3 Å². The lowest BCUT2D eigenvalue weighted by Gasteiger charge is -2.19. The fraction of sp³-hybridized carbons (Fsp3) is 0.316. The molecule has 7 nitrogen and oxygen atoms in total. The third-order valence-electron chi connectivity index (χ3n) is 4.64. The number of amides is 2. The van der Waals surface area contributed by atoms with Crippen molar-refractivity contribution in [3.8, 4) is 5.75 Å². The number of carbonyl (C=O) groups is 2. The second-order valence-electron chi connectivity index (χ2n) is 6.35. The van der Waals surface area contributed by atoms with Crippen LogP contribution in [0.1, 0.15) is 24.5 Å². The molecule has 1 aromatic heterocycles. The summed E-state index contributed by atoms with van der Waals surface area (Å²) in [5, 5.41) is 12.3. The van der Waals surface area contributed by atoms with E-state index in [1.54, 1.807) is 0 Å². The van der Waals surface area contributed by atoms with Gasteiger partial charge in [-0.15, -0.1) is 0 Å². The van der Waals surface area contributed by atoms with E-state index in [4.69, 9.17) is 9.26 Å². The Kier molecular flexibility index (Phi) is 4.30. The van der Waals surface area contributed by atoms with Crippen molar-refractivity contribution in [2.24, 2.45) is 0 Å². The Labute approximate surface area is 149 Å². The molecule has 0 unspecified atom stereocenters. The number of benzene rings is 2. The van der Waals surface area contributed by atoms with Crippen LogP contribution in [0.15, 0.2) is 34.9 Å². The Morgan fingerprint density at radius 1 is 1.31 bits per heavy atom. The second-order valence-corrected chi connectivity index (χ2v) is 6.35. The zero-order valence-electron chi connectivity index (χ0n) is 14.4. The van der Waals surface area contributed by atoms with E-state index in [9.17, 15) is 9.59 Å². The first-order valence-corrected chi connectivity index (χ1v) is 8.60. The third-order valence-corrected chi connectivity index (χ3v) is 4.64. The number of nitrogens with zero attached hydrogens (tertiary/aromatic N) is 1. The van der Waals surface area contributed by atoms with E-state index >= 15 is 0 Å². The molecule has 2 aromatic carbocycles. The summed E-state index contributed by atoms with van der Waals surface area (Å²) in [6.45, 7) is 1.35. The molecule has 3 aromatic rings. The summed E-state index contributed by atoms with van der Waals surface area (Å²) in [7, 11) is 1.88. The summed E-state index contributed by atoms with van der Waals surface area (Å²) in [4.78, 5) is 23.7. The molecule has 26 heavy (non-hydrogen) atoms. The highest BCUT2D eigenvalue weighted by atomic mass is 16.5. The largest absolute Gasteiger partial charge is 0.492 e. The number of rotatable bonds is 5. The van der Waals surface area contributed by atoms with E-state index in [1.807, 2.05) is 37.4 Å². The normalized spacial score (nSPS) is 17.7. The minimum atomic E-state index is -0.480. The Hall–Kier alpha value is -2.93. The highest BCUT2D eigenvalue weighted by Crippen LogP contribution is 2.36. The lowest BCUT2D eigenvalue weighted by molar-refractivity contribution is -0.134. The number of piperidine rings is 1. The van der Waals surface area contributed by atoms with Gasteiger partial charge in [-0.2, -0.15) is 0 Å². The molecule has 1 aliphatic heterocycles. The van der Waals surface area contributed by atoms with Crippen LogP contribution in [0, 0.1) is 0 Å². The molecule has 1 fully saturated rings. The molecule has 0 spiro atoms. The second kappa shape index (κ2) is 6.76. The van der Waals surface area contributed by atoms with Gasteiger partial charge in [-0.3, -0.25) is 14.9 Å². The van der Waals surface area contributed by atoms with Crippen LogP contribution < -0.4 is 15.4 Å². The average molecular weight is 353 g/mol. The van der Waals surface area contributed by atoms with Crippen LogP contribution >= 0.6 is 0 Å². The van der Waals surface area contributed by atoms with Crippen molar-refractivity contribution >= 4 is 33.6 Å². The van der Waals surface area contributed by atoms with Crippen molar-refractivity contribution in [1.82, 2.24) is 15.8 Å². The van der Waals surface area contributed by atoms with Crippen LogP contribution in [-0.4, -0.2) is 37.2 Å². The summed E-state index contributed by atoms with van der Waals surface area (Å²) in [5.74, 6) is -0.259. The highest BCUT2D eigenvalue weighted by molar-refractivity contribution is 6.10. The van der Waals surface area contributed by atoms with Crippen molar-refractivity contribution in [2.45, 2.75) is 18.8 Å². The topological polar surface area (TPSA) is 93.5 Å². The van der Waals surface area contributed by atoms with Gasteiger partial charge in [-0.1, -0.05) is 11.2 Å². The molecule has 0 radical (unpaired) electrons. The minimum Gasteiger partial charge on any atom is -0.492 e. The molecule has 7 heteroatoms. The first-order valence-electron chi connectivity index (χ1n) is 8.60. The fourth-order valence-corrected chi connectivity index (χ4v) is 3.33. The predicted molar refractivity (Wildman–Crippen MR) is 96.1 cm³/mol. The maximum atomic E-state index is 12.2. The average Bonchev–Trinajstić information content (AvgIpc) is 3.06. The summed E-state index contributed by atoms with van der Waals surface area (Å²) < 4.78 is 11.2. The number of imide groups is 1. The van der Waals surface area contributed by atoms with Crippen LogP contribution in [-0.2, 0) is 9.59 Å². The van der Waals surface area contributed by atoms with E-state index in [0.717, 1.165) is 28.5 Å². The van der Waals surface area contributed by atoms with Crippen molar-refractivity contribution < 1.29 is 18.8 Å². The molecule has 134 valence electrons. The fourth-order valence-electron chi connectivity index (χ4n) is 3.33. The van der Waals surface area contributed by atoms with Crippen molar-refractivity contribution in [2.75, 3.05) is 20.2 Å². The van der Waals surface area contributed by atoms with Crippen molar-refractivity contribution in [3.05, 3.63) is 36.0 Å². The zero-order chi connectivity index (χ0) is 18.1. The lowest BCUT2D eigenvalue weighted by Crippen LogP contribution is -2.39. The molecule has 0 aliphatic carbocycles. The van der Waals surface area contributed by atoms with Gasteiger partial charge in [0.15, 0.2) is 5.58 Å². The summed E-state index contributed by atoms with van der Waals surface area (Å²) in [6.07, 6.45) is 0.743. The first kappa shape index (κ1) is 16.5. The van der Waals surface area contributed by atoms with Crippen LogP contribution in [0.25, 0.3) is 21.7 Å². The molecular formula is C19H19N3O4. The lowest BCUT2D eigenvalue weighted by atomic mass is 9.91. The van der Waals surface area contributed by atoms with Gasteiger partial charge in [0.25, 0.3) is 0 Å². The SMILES string of the molecule is CNCCOc1ccc2c(ccc3onc([C@H]4CCC(=O)NC4=O)c32)c1. The zero-order valence-corrected chi connectivity index (χ0v) is 14.4. The number of hydrogen-bond donors (Lipinski definition) is 2. The summed E-state index contributed by atoms with van der Waals surface area (Å²) in [5.41, 5.74) is 1.21. The first-order chi connectivity index (χ1) is 12.7. The number of ether oxygens (including phenoxy) is 1. The van der Waals surface area contributed by atoms with Gasteiger partial charge in [-0.05, 0) is 48.5 Å². The van der Waals surface area contributed by atoms with E-state index in [0.29, 0.717) is 30.7 Å². The van der Waals surface area contributed by atoms with Gasteiger partial charge < -0.3 is 14.6 Å². The smallest absolute Gasteiger partial charge is 0.235 e. The Bertz CT molecular complexity index is 995. The molecule has 1 atom stereocenters. The Morgan fingerprint density at radius 2 is 2.19 bits per heavy atom. The molecule has 2 heterocycles.